The summed E-state index contributed by atoms with van der Waals surface area (Å²) in [4.78, 5) is 0. The quantitative estimate of drug-likeness (QED) is 0.710. The molecule has 2 aliphatic carbocycles. The second-order valence-corrected chi connectivity index (χ2v) is 5.18. The Morgan fingerprint density at radius 3 is 2.28 bits per heavy atom. The predicted octanol–water partition coefficient (Wildman–Crippen LogP) is 4.35. The molecule has 1 heteroatoms. The fourth-order valence-corrected chi connectivity index (χ4v) is 3.07. The second-order valence-electron chi connectivity index (χ2n) is 5.18. The Hall–Kier alpha value is -1.81. The van der Waals surface area contributed by atoms with Crippen molar-refractivity contribution in [3.63, 3.8) is 0 Å². The van der Waals surface area contributed by atoms with Crippen LogP contribution >= 0.6 is 0 Å². The van der Waals surface area contributed by atoms with Crippen LogP contribution in [-0.4, -0.2) is 0 Å². The monoisotopic (exact) mass is 235 g/mol. The van der Waals surface area contributed by atoms with Gasteiger partial charge in [-0.05, 0) is 42.4 Å². The van der Waals surface area contributed by atoms with E-state index < -0.39 is 0 Å². The minimum absolute atomic E-state index is 0.00394. The van der Waals surface area contributed by atoms with Gasteiger partial charge in [0.15, 0.2) is 0 Å². The Bertz CT molecular complexity index is 530. The number of hydrogen-bond donors (Lipinski definition) is 0. The van der Waals surface area contributed by atoms with E-state index in [-0.39, 0.29) is 11.8 Å². The van der Waals surface area contributed by atoms with Gasteiger partial charge in [0.05, 0.1) is 12.0 Å². The van der Waals surface area contributed by atoms with Gasteiger partial charge < -0.3 is 0 Å². The van der Waals surface area contributed by atoms with Gasteiger partial charge in [0.1, 0.15) is 0 Å². The van der Waals surface area contributed by atoms with E-state index in [1.807, 2.05) is 6.07 Å². The molecular formula is C17H17N. The van der Waals surface area contributed by atoms with Crippen molar-refractivity contribution < 1.29 is 0 Å². The molecule has 18 heavy (non-hydrogen) atoms. The highest BCUT2D eigenvalue weighted by molar-refractivity contribution is 5.44. The van der Waals surface area contributed by atoms with Gasteiger partial charge in [-0.25, -0.2) is 0 Å². The molecule has 0 aromatic heterocycles. The SMILES string of the molecule is N#C[C@H]1C=C2CCCCC2=C[C@H]1c1ccccc1. The van der Waals surface area contributed by atoms with Crippen LogP contribution in [0.3, 0.4) is 0 Å². The van der Waals surface area contributed by atoms with Gasteiger partial charge in [0.25, 0.3) is 0 Å². The summed E-state index contributed by atoms with van der Waals surface area (Å²) in [5, 5.41) is 9.39. The van der Waals surface area contributed by atoms with Crippen molar-refractivity contribution in [3.05, 3.63) is 59.2 Å². The number of nitriles is 1. The Balaban J connectivity index is 1.98. The van der Waals surface area contributed by atoms with Gasteiger partial charge >= 0.3 is 0 Å². The minimum Gasteiger partial charge on any atom is -0.198 e. The Labute approximate surface area is 108 Å². The summed E-state index contributed by atoms with van der Waals surface area (Å²) < 4.78 is 0. The van der Waals surface area contributed by atoms with E-state index >= 15 is 0 Å². The largest absolute Gasteiger partial charge is 0.198 e. The number of benzene rings is 1. The molecule has 2 aliphatic rings. The van der Waals surface area contributed by atoms with E-state index in [1.54, 1.807) is 0 Å². The van der Waals surface area contributed by atoms with Crippen molar-refractivity contribution in [2.75, 3.05) is 0 Å². The lowest BCUT2D eigenvalue weighted by atomic mass is 9.75. The second kappa shape index (κ2) is 4.82. The van der Waals surface area contributed by atoms with Crippen molar-refractivity contribution >= 4 is 0 Å². The predicted molar refractivity (Wildman–Crippen MR) is 72.9 cm³/mol. The molecule has 1 saturated carbocycles. The first-order chi connectivity index (χ1) is 8.88. The van der Waals surface area contributed by atoms with E-state index in [0.717, 1.165) is 6.42 Å². The Morgan fingerprint density at radius 2 is 1.61 bits per heavy atom. The van der Waals surface area contributed by atoms with E-state index in [9.17, 15) is 5.26 Å². The van der Waals surface area contributed by atoms with Crippen LogP contribution in [0, 0.1) is 17.2 Å². The van der Waals surface area contributed by atoms with Crippen molar-refractivity contribution in [1.82, 2.24) is 0 Å². The summed E-state index contributed by atoms with van der Waals surface area (Å²) in [5.74, 6) is 0.247. The number of rotatable bonds is 1. The van der Waals surface area contributed by atoms with Gasteiger partial charge in [0.2, 0.25) is 0 Å². The zero-order chi connectivity index (χ0) is 12.4. The van der Waals surface area contributed by atoms with Crippen LogP contribution in [-0.2, 0) is 0 Å². The third kappa shape index (κ3) is 1.99. The van der Waals surface area contributed by atoms with Crippen LogP contribution < -0.4 is 0 Å². The molecule has 1 aromatic rings. The molecule has 1 fully saturated rings. The fraction of sp³-hybridized carbons (Fsp3) is 0.353. The summed E-state index contributed by atoms with van der Waals surface area (Å²) in [6.45, 7) is 0. The zero-order valence-electron chi connectivity index (χ0n) is 10.5. The number of allylic oxidation sites excluding steroid dienone is 4. The third-order valence-electron chi connectivity index (χ3n) is 4.04. The standard InChI is InChI=1S/C17H17N/c18-12-16-10-14-8-4-5-9-15(14)11-17(16)13-6-2-1-3-7-13/h1-3,6-7,10-11,16-17H,4-5,8-9H2/t16-,17+/m1/s1. The number of hydrogen-bond acceptors (Lipinski definition) is 1. The molecule has 2 atom stereocenters. The first-order valence-electron chi connectivity index (χ1n) is 6.75. The summed E-state index contributed by atoms with van der Waals surface area (Å²) in [7, 11) is 0. The minimum atomic E-state index is 0.00394. The Morgan fingerprint density at radius 1 is 0.944 bits per heavy atom. The molecule has 0 heterocycles. The molecule has 3 rings (SSSR count). The lowest BCUT2D eigenvalue weighted by Gasteiger charge is -2.28. The average molecular weight is 235 g/mol. The first-order valence-corrected chi connectivity index (χ1v) is 6.75. The maximum atomic E-state index is 9.39. The van der Waals surface area contributed by atoms with Gasteiger partial charge in [-0.15, -0.1) is 0 Å². The maximum Gasteiger partial charge on any atom is 0.0752 e. The van der Waals surface area contributed by atoms with Crippen molar-refractivity contribution in [3.8, 4) is 6.07 Å². The Kier molecular flexibility index (Phi) is 3.02. The molecule has 0 aliphatic heterocycles. The highest BCUT2D eigenvalue weighted by atomic mass is 14.3. The van der Waals surface area contributed by atoms with Crippen LogP contribution in [0.15, 0.2) is 53.6 Å². The molecule has 0 amide bonds. The van der Waals surface area contributed by atoms with Crippen LogP contribution in [0.1, 0.15) is 37.2 Å². The van der Waals surface area contributed by atoms with Gasteiger partial charge in [-0.3, -0.25) is 0 Å². The topological polar surface area (TPSA) is 23.8 Å². The summed E-state index contributed by atoms with van der Waals surface area (Å²) in [6.07, 6.45) is 9.47. The van der Waals surface area contributed by atoms with Crippen molar-refractivity contribution in [2.24, 2.45) is 5.92 Å². The lowest BCUT2D eigenvalue weighted by Crippen LogP contribution is -2.15. The van der Waals surface area contributed by atoms with Crippen molar-refractivity contribution in [1.29, 1.82) is 5.26 Å². The molecule has 0 radical (unpaired) electrons. The number of nitrogens with zero attached hydrogens (tertiary/aromatic N) is 1. The molecule has 1 aromatic carbocycles. The first kappa shape index (κ1) is 11.3. The molecule has 90 valence electrons. The van der Waals surface area contributed by atoms with Crippen LogP contribution in [0.5, 0.6) is 0 Å². The summed E-state index contributed by atoms with van der Waals surface area (Å²) in [5.41, 5.74) is 4.18. The average Bonchev–Trinajstić information content (AvgIpc) is 2.46. The molecule has 1 nitrogen and oxygen atoms in total. The van der Waals surface area contributed by atoms with Gasteiger partial charge in [-0.1, -0.05) is 42.5 Å². The molecule has 0 spiro atoms. The van der Waals surface area contributed by atoms with Crippen LogP contribution in [0.4, 0.5) is 0 Å². The molecule has 0 N–H and O–H groups in total. The molecular weight excluding hydrogens is 218 g/mol. The summed E-state index contributed by atoms with van der Waals surface area (Å²) >= 11 is 0. The van der Waals surface area contributed by atoms with E-state index in [1.165, 1.54) is 36.0 Å². The van der Waals surface area contributed by atoms with E-state index in [4.69, 9.17) is 0 Å². The van der Waals surface area contributed by atoms with Crippen LogP contribution in [0.25, 0.3) is 0 Å². The molecule has 0 bridgehead atoms. The smallest absolute Gasteiger partial charge is 0.0752 e. The van der Waals surface area contributed by atoms with Gasteiger partial charge in [-0.2, -0.15) is 5.26 Å². The lowest BCUT2D eigenvalue weighted by molar-refractivity contribution is 0.623. The highest BCUT2D eigenvalue weighted by Gasteiger charge is 2.26. The van der Waals surface area contributed by atoms with Crippen molar-refractivity contribution in [2.45, 2.75) is 31.6 Å². The van der Waals surface area contributed by atoms with E-state index in [0.29, 0.717) is 0 Å². The maximum absolute atomic E-state index is 9.39. The fourth-order valence-electron chi connectivity index (χ4n) is 3.07. The number of fused-ring (bicyclic) bond motifs is 1. The van der Waals surface area contributed by atoms with Gasteiger partial charge in [0, 0.05) is 5.92 Å². The molecule has 0 saturated heterocycles. The van der Waals surface area contributed by atoms with E-state index in [2.05, 4.69) is 42.5 Å². The normalized spacial score (nSPS) is 26.6. The summed E-state index contributed by atoms with van der Waals surface area (Å²) in [6, 6.07) is 12.9. The highest BCUT2D eigenvalue weighted by Crippen LogP contribution is 2.40. The molecule has 0 unspecified atom stereocenters. The zero-order valence-corrected chi connectivity index (χ0v) is 10.5. The van der Waals surface area contributed by atoms with Crippen LogP contribution in [0.2, 0.25) is 0 Å². The third-order valence-corrected chi connectivity index (χ3v) is 4.04.